The molecule has 4 rings (SSSR count). The minimum Gasteiger partial charge on any atom is -0.356 e. The van der Waals surface area contributed by atoms with Crippen LogP contribution in [0.1, 0.15) is 11.3 Å². The molecule has 2 aliphatic rings. The molecule has 114 valence electrons. The molecule has 22 heavy (non-hydrogen) atoms. The Hall–Kier alpha value is -2.08. The van der Waals surface area contributed by atoms with Gasteiger partial charge in [0, 0.05) is 50.7 Å². The molecule has 4 heterocycles. The summed E-state index contributed by atoms with van der Waals surface area (Å²) in [5.41, 5.74) is 2.23. The lowest BCUT2D eigenvalue weighted by atomic mass is 10.0. The lowest BCUT2D eigenvalue weighted by Crippen LogP contribution is -2.29. The van der Waals surface area contributed by atoms with Crippen molar-refractivity contribution in [1.29, 1.82) is 0 Å². The van der Waals surface area contributed by atoms with Gasteiger partial charge >= 0.3 is 0 Å². The van der Waals surface area contributed by atoms with E-state index in [2.05, 4.69) is 43.0 Å². The van der Waals surface area contributed by atoms with Crippen LogP contribution in [0.4, 0.5) is 5.82 Å². The second-order valence-corrected chi connectivity index (χ2v) is 6.36. The number of likely N-dealkylation sites (tertiary alicyclic amines) is 1. The van der Waals surface area contributed by atoms with E-state index in [9.17, 15) is 0 Å². The van der Waals surface area contributed by atoms with E-state index in [1.165, 1.54) is 5.56 Å². The Balaban J connectivity index is 1.40. The second kappa shape index (κ2) is 5.61. The molecule has 0 bridgehead atoms. The maximum atomic E-state index is 4.46. The monoisotopic (exact) mass is 296 g/mol. The van der Waals surface area contributed by atoms with Crippen LogP contribution in [0.15, 0.2) is 30.9 Å². The van der Waals surface area contributed by atoms with E-state index in [4.69, 9.17) is 0 Å². The van der Waals surface area contributed by atoms with Crippen LogP contribution in [0, 0.1) is 18.8 Å². The molecule has 0 aromatic carbocycles. The van der Waals surface area contributed by atoms with Gasteiger partial charge in [0.05, 0.1) is 5.69 Å². The zero-order chi connectivity index (χ0) is 14.9. The molecule has 2 aromatic rings. The third kappa shape index (κ3) is 2.54. The maximum absolute atomic E-state index is 4.46. The Morgan fingerprint density at radius 3 is 2.68 bits per heavy atom. The molecule has 0 N–H and O–H groups in total. The van der Waals surface area contributed by atoms with Gasteiger partial charge in [0.1, 0.15) is 12.1 Å². The van der Waals surface area contributed by atoms with Gasteiger partial charge in [0.25, 0.3) is 0 Å². The number of hydrogen-bond donors (Lipinski definition) is 0. The molecule has 2 aromatic heterocycles. The smallest absolute Gasteiger partial charge is 0.134 e. The van der Waals surface area contributed by atoms with Crippen molar-refractivity contribution in [3.8, 4) is 0 Å². The zero-order valence-electron chi connectivity index (χ0n) is 12.8. The van der Waals surface area contributed by atoms with Crippen molar-refractivity contribution in [2.24, 2.45) is 11.8 Å². The van der Waals surface area contributed by atoms with Gasteiger partial charge in [-0.25, -0.2) is 9.97 Å². The van der Waals surface area contributed by atoms with E-state index in [1.807, 2.05) is 12.3 Å². The Morgan fingerprint density at radius 1 is 1.18 bits per heavy atom. The highest BCUT2D eigenvalue weighted by Crippen LogP contribution is 2.34. The normalized spacial score (nSPS) is 24.7. The van der Waals surface area contributed by atoms with E-state index in [0.29, 0.717) is 0 Å². The van der Waals surface area contributed by atoms with E-state index >= 15 is 0 Å². The molecule has 0 aliphatic carbocycles. The number of hydrogen-bond acceptors (Lipinski definition) is 6. The average Bonchev–Trinajstić information content (AvgIpc) is 3.07. The largest absolute Gasteiger partial charge is 0.356 e. The summed E-state index contributed by atoms with van der Waals surface area (Å²) in [5.74, 6) is 2.56. The average molecular weight is 296 g/mol. The van der Waals surface area contributed by atoms with Crippen LogP contribution in [0.5, 0.6) is 0 Å². The molecule has 2 fully saturated rings. The van der Waals surface area contributed by atoms with Crippen LogP contribution in [0.25, 0.3) is 0 Å². The van der Waals surface area contributed by atoms with E-state index in [0.717, 1.165) is 56.1 Å². The number of nitrogens with zero attached hydrogens (tertiary/aromatic N) is 6. The molecule has 2 unspecified atom stereocenters. The first kappa shape index (κ1) is 13.6. The van der Waals surface area contributed by atoms with Crippen molar-refractivity contribution in [2.45, 2.75) is 13.5 Å². The summed E-state index contributed by atoms with van der Waals surface area (Å²) in [4.78, 5) is 13.5. The fourth-order valence-electron chi connectivity index (χ4n) is 3.76. The highest BCUT2D eigenvalue weighted by molar-refractivity contribution is 5.46. The summed E-state index contributed by atoms with van der Waals surface area (Å²) in [6.07, 6.45) is 5.28. The standard InChI is InChI=1S/C16H20N6/c1-12-5-17-11-18-16(12)22-8-13-6-21(7-14(13)9-22)10-15-3-2-4-19-20-15/h2-5,11,13-14H,6-10H2,1H3. The Morgan fingerprint density at radius 2 is 2.00 bits per heavy atom. The predicted molar refractivity (Wildman–Crippen MR) is 83.3 cm³/mol. The minimum atomic E-state index is 0.728. The fourth-order valence-corrected chi connectivity index (χ4v) is 3.76. The first-order valence-electron chi connectivity index (χ1n) is 7.80. The highest BCUT2D eigenvalue weighted by atomic mass is 15.3. The van der Waals surface area contributed by atoms with Crippen LogP contribution in [0.3, 0.4) is 0 Å². The van der Waals surface area contributed by atoms with Crippen LogP contribution in [-0.4, -0.2) is 51.2 Å². The van der Waals surface area contributed by atoms with E-state index < -0.39 is 0 Å². The topological polar surface area (TPSA) is 58.0 Å². The fraction of sp³-hybridized carbons (Fsp3) is 0.500. The molecular weight excluding hydrogens is 276 g/mol. The second-order valence-electron chi connectivity index (χ2n) is 6.36. The van der Waals surface area contributed by atoms with Crippen LogP contribution < -0.4 is 4.90 Å². The summed E-state index contributed by atoms with van der Waals surface area (Å²) in [6.45, 7) is 7.47. The lowest BCUT2D eigenvalue weighted by Gasteiger charge is -2.22. The van der Waals surface area contributed by atoms with Gasteiger partial charge in [-0.1, -0.05) is 0 Å². The summed E-state index contributed by atoms with van der Waals surface area (Å²) in [6, 6.07) is 4.01. The number of anilines is 1. The third-order valence-corrected chi connectivity index (χ3v) is 4.74. The van der Waals surface area contributed by atoms with Gasteiger partial charge in [0.2, 0.25) is 0 Å². The molecular formula is C16H20N6. The van der Waals surface area contributed by atoms with Crippen molar-refractivity contribution in [3.63, 3.8) is 0 Å². The van der Waals surface area contributed by atoms with Gasteiger partial charge in [-0.2, -0.15) is 10.2 Å². The summed E-state index contributed by atoms with van der Waals surface area (Å²) >= 11 is 0. The Kier molecular flexibility index (Phi) is 3.46. The molecule has 6 heteroatoms. The van der Waals surface area contributed by atoms with Crippen LogP contribution >= 0.6 is 0 Å². The molecule has 0 amide bonds. The van der Waals surface area contributed by atoms with Gasteiger partial charge in [-0.3, -0.25) is 4.90 Å². The van der Waals surface area contributed by atoms with E-state index in [1.54, 1.807) is 12.5 Å². The summed E-state index contributed by atoms with van der Waals surface area (Å²) < 4.78 is 0. The number of fused-ring (bicyclic) bond motifs is 1. The quantitative estimate of drug-likeness (QED) is 0.846. The first-order chi connectivity index (χ1) is 10.8. The van der Waals surface area contributed by atoms with Gasteiger partial charge < -0.3 is 4.90 Å². The molecule has 0 saturated carbocycles. The predicted octanol–water partition coefficient (Wildman–Crippen LogP) is 1.14. The van der Waals surface area contributed by atoms with Crippen molar-refractivity contribution < 1.29 is 0 Å². The van der Waals surface area contributed by atoms with E-state index in [-0.39, 0.29) is 0 Å². The lowest BCUT2D eigenvalue weighted by molar-refractivity contribution is 0.304. The number of rotatable bonds is 3. The third-order valence-electron chi connectivity index (χ3n) is 4.74. The van der Waals surface area contributed by atoms with Crippen molar-refractivity contribution in [2.75, 3.05) is 31.1 Å². The SMILES string of the molecule is Cc1cncnc1N1CC2CN(Cc3cccnn3)CC2C1. The Labute approximate surface area is 130 Å². The van der Waals surface area contributed by atoms with Crippen molar-refractivity contribution in [1.82, 2.24) is 25.1 Å². The maximum Gasteiger partial charge on any atom is 0.134 e. The molecule has 0 spiro atoms. The van der Waals surface area contributed by atoms with Gasteiger partial charge in [0.15, 0.2) is 0 Å². The number of aromatic nitrogens is 4. The first-order valence-corrected chi connectivity index (χ1v) is 7.80. The molecule has 0 radical (unpaired) electrons. The number of aryl methyl sites for hydroxylation is 1. The molecule has 2 atom stereocenters. The minimum absolute atomic E-state index is 0.728. The van der Waals surface area contributed by atoms with Crippen LogP contribution in [-0.2, 0) is 6.54 Å². The summed E-state index contributed by atoms with van der Waals surface area (Å²) in [7, 11) is 0. The summed E-state index contributed by atoms with van der Waals surface area (Å²) in [5, 5.41) is 8.15. The highest BCUT2D eigenvalue weighted by Gasteiger charge is 2.40. The Bertz CT molecular complexity index is 632. The van der Waals surface area contributed by atoms with Gasteiger partial charge in [-0.15, -0.1) is 0 Å². The van der Waals surface area contributed by atoms with Crippen molar-refractivity contribution in [3.05, 3.63) is 42.1 Å². The molecule has 6 nitrogen and oxygen atoms in total. The van der Waals surface area contributed by atoms with Crippen molar-refractivity contribution >= 4 is 5.82 Å². The van der Waals surface area contributed by atoms with Gasteiger partial charge in [-0.05, 0) is 30.9 Å². The molecule has 2 aliphatic heterocycles. The molecule has 2 saturated heterocycles. The van der Waals surface area contributed by atoms with Crippen LogP contribution in [0.2, 0.25) is 0 Å². The zero-order valence-corrected chi connectivity index (χ0v) is 12.8.